The van der Waals surface area contributed by atoms with Gasteiger partial charge in [-0.25, -0.2) is 14.4 Å². The molecular formula is C31H33FN6O2. The van der Waals surface area contributed by atoms with Gasteiger partial charge in [0, 0.05) is 55.4 Å². The molecule has 0 radical (unpaired) electrons. The number of fused-ring (bicyclic) bond motifs is 1. The molecule has 40 heavy (non-hydrogen) atoms. The number of hydrogen-bond donors (Lipinski definition) is 2. The first-order chi connectivity index (χ1) is 19.5. The molecule has 0 aliphatic carbocycles. The maximum atomic E-state index is 14.6. The largest absolute Gasteiger partial charge is 0.491 e. The maximum Gasteiger partial charge on any atom is 0.247 e. The molecule has 0 atom stereocenters. The SMILES string of the molecule is C=CC(=O)Nc1cc2c(Nc3ccc(F)c(-c4ccccc4)c3)ncnc2cc1OCCCN1CCN(C)CC1. The molecule has 0 bridgehead atoms. The fraction of sp³-hybridized carbons (Fsp3) is 0.258. The number of halogens is 1. The molecule has 2 N–H and O–H groups in total. The van der Waals surface area contributed by atoms with Crippen molar-refractivity contribution in [3.05, 3.63) is 85.5 Å². The summed E-state index contributed by atoms with van der Waals surface area (Å²) in [6.07, 6.45) is 3.54. The molecule has 1 saturated heterocycles. The van der Waals surface area contributed by atoms with E-state index in [1.807, 2.05) is 30.3 Å². The number of amides is 1. The van der Waals surface area contributed by atoms with Crippen molar-refractivity contribution in [1.82, 2.24) is 19.8 Å². The first-order valence-corrected chi connectivity index (χ1v) is 13.4. The van der Waals surface area contributed by atoms with Crippen LogP contribution in [-0.2, 0) is 4.79 Å². The van der Waals surface area contributed by atoms with Crippen LogP contribution in [0.5, 0.6) is 5.75 Å². The summed E-state index contributed by atoms with van der Waals surface area (Å²) in [6.45, 7) is 9.28. The van der Waals surface area contributed by atoms with Gasteiger partial charge in [-0.3, -0.25) is 4.79 Å². The highest BCUT2D eigenvalue weighted by atomic mass is 19.1. The van der Waals surface area contributed by atoms with Crippen LogP contribution in [0.15, 0.2) is 79.6 Å². The molecule has 8 nitrogen and oxygen atoms in total. The molecule has 206 valence electrons. The van der Waals surface area contributed by atoms with Crippen molar-refractivity contribution in [2.75, 3.05) is 57.0 Å². The number of carbonyl (C=O) groups excluding carboxylic acids is 1. The van der Waals surface area contributed by atoms with Gasteiger partial charge in [-0.2, -0.15) is 0 Å². The van der Waals surface area contributed by atoms with Crippen LogP contribution in [0.25, 0.3) is 22.0 Å². The van der Waals surface area contributed by atoms with Crippen molar-refractivity contribution in [2.45, 2.75) is 6.42 Å². The van der Waals surface area contributed by atoms with Gasteiger partial charge in [-0.15, -0.1) is 0 Å². The maximum absolute atomic E-state index is 14.6. The van der Waals surface area contributed by atoms with Gasteiger partial charge in [0.05, 0.1) is 17.8 Å². The third-order valence-electron chi connectivity index (χ3n) is 6.97. The van der Waals surface area contributed by atoms with Crippen molar-refractivity contribution in [3.8, 4) is 16.9 Å². The third kappa shape index (κ3) is 6.62. The average molecular weight is 541 g/mol. The van der Waals surface area contributed by atoms with E-state index in [-0.39, 0.29) is 11.7 Å². The van der Waals surface area contributed by atoms with Crippen molar-refractivity contribution < 1.29 is 13.9 Å². The van der Waals surface area contributed by atoms with Crippen molar-refractivity contribution in [3.63, 3.8) is 0 Å². The number of anilines is 3. The lowest BCUT2D eigenvalue weighted by Gasteiger charge is -2.32. The molecule has 3 aromatic carbocycles. The Bertz CT molecular complexity index is 1490. The number of aromatic nitrogens is 2. The number of piperazine rings is 1. The molecule has 9 heteroatoms. The molecule has 1 fully saturated rings. The van der Waals surface area contributed by atoms with Crippen LogP contribution >= 0.6 is 0 Å². The normalized spacial score (nSPS) is 14.2. The zero-order valence-corrected chi connectivity index (χ0v) is 22.6. The summed E-state index contributed by atoms with van der Waals surface area (Å²) >= 11 is 0. The first kappa shape index (κ1) is 27.2. The van der Waals surface area contributed by atoms with E-state index in [9.17, 15) is 9.18 Å². The topological polar surface area (TPSA) is 82.6 Å². The van der Waals surface area contributed by atoms with Crippen LogP contribution < -0.4 is 15.4 Å². The smallest absolute Gasteiger partial charge is 0.247 e. The zero-order valence-electron chi connectivity index (χ0n) is 22.6. The van der Waals surface area contributed by atoms with E-state index in [1.165, 1.54) is 18.5 Å². The Morgan fingerprint density at radius 3 is 2.65 bits per heavy atom. The monoisotopic (exact) mass is 540 g/mol. The summed E-state index contributed by atoms with van der Waals surface area (Å²) in [4.78, 5) is 25.9. The summed E-state index contributed by atoms with van der Waals surface area (Å²) in [5.41, 5.74) is 3.07. The number of likely N-dealkylation sites (N-methyl/N-ethyl adjacent to an activating group) is 1. The van der Waals surface area contributed by atoms with Gasteiger partial charge in [0.1, 0.15) is 23.7 Å². The molecule has 1 aromatic heterocycles. The first-order valence-electron chi connectivity index (χ1n) is 13.4. The molecule has 4 aromatic rings. The molecule has 1 aliphatic rings. The van der Waals surface area contributed by atoms with Crippen LogP contribution in [0.3, 0.4) is 0 Å². The van der Waals surface area contributed by atoms with Gasteiger partial charge in [0.15, 0.2) is 0 Å². The van der Waals surface area contributed by atoms with Gasteiger partial charge in [0.2, 0.25) is 5.91 Å². The highest BCUT2D eigenvalue weighted by molar-refractivity contribution is 6.03. The lowest BCUT2D eigenvalue weighted by Crippen LogP contribution is -2.44. The van der Waals surface area contributed by atoms with E-state index >= 15 is 0 Å². The van der Waals surface area contributed by atoms with Crippen molar-refractivity contribution in [2.24, 2.45) is 0 Å². The summed E-state index contributed by atoms with van der Waals surface area (Å²) in [5.74, 6) is 0.386. The van der Waals surface area contributed by atoms with Crippen LogP contribution in [0.4, 0.5) is 21.6 Å². The molecular weight excluding hydrogens is 507 g/mol. The van der Waals surface area contributed by atoms with Gasteiger partial charge in [-0.1, -0.05) is 36.9 Å². The highest BCUT2D eigenvalue weighted by Gasteiger charge is 2.16. The summed E-state index contributed by atoms with van der Waals surface area (Å²) in [5, 5.41) is 6.81. The Balaban J connectivity index is 1.37. The Labute approximate surface area is 233 Å². The van der Waals surface area contributed by atoms with Crippen LogP contribution in [-0.4, -0.2) is 72.1 Å². The predicted molar refractivity (Wildman–Crippen MR) is 158 cm³/mol. The van der Waals surface area contributed by atoms with E-state index in [0.29, 0.717) is 46.0 Å². The summed E-state index contributed by atoms with van der Waals surface area (Å²) < 4.78 is 20.8. The standard InChI is InChI=1S/C31H33FN6O2/c1-3-30(39)36-28-19-25-27(20-29(28)40-17-7-12-38-15-13-37(2)14-16-38)33-21-34-31(25)35-23-10-11-26(32)24(18-23)22-8-5-4-6-9-22/h3-6,8-11,18-21H,1,7,12-17H2,2H3,(H,36,39)(H,33,34,35). The highest BCUT2D eigenvalue weighted by Crippen LogP contribution is 2.34. The minimum Gasteiger partial charge on any atom is -0.491 e. The molecule has 5 rings (SSSR count). The van der Waals surface area contributed by atoms with Gasteiger partial charge < -0.3 is 25.2 Å². The average Bonchev–Trinajstić information content (AvgIpc) is 2.98. The van der Waals surface area contributed by atoms with Gasteiger partial charge >= 0.3 is 0 Å². The fourth-order valence-electron chi connectivity index (χ4n) is 4.70. The molecule has 2 heterocycles. The van der Waals surface area contributed by atoms with Gasteiger partial charge in [0.25, 0.3) is 0 Å². The molecule has 1 aliphatic heterocycles. The lowest BCUT2D eigenvalue weighted by atomic mass is 10.0. The number of hydrogen-bond acceptors (Lipinski definition) is 7. The zero-order chi connectivity index (χ0) is 27.9. The molecule has 1 amide bonds. The Morgan fingerprint density at radius 2 is 1.88 bits per heavy atom. The lowest BCUT2D eigenvalue weighted by molar-refractivity contribution is -0.111. The Kier molecular flexibility index (Phi) is 8.63. The van der Waals surface area contributed by atoms with E-state index in [0.717, 1.165) is 44.7 Å². The molecule has 0 saturated carbocycles. The summed E-state index contributed by atoms with van der Waals surface area (Å²) in [6, 6.07) is 17.8. The van der Waals surface area contributed by atoms with Gasteiger partial charge in [-0.05, 0) is 49.4 Å². The van der Waals surface area contributed by atoms with Crippen molar-refractivity contribution >= 4 is 34.0 Å². The molecule has 0 spiro atoms. The quantitative estimate of drug-likeness (QED) is 0.208. The summed E-state index contributed by atoms with van der Waals surface area (Å²) in [7, 11) is 2.14. The van der Waals surface area contributed by atoms with E-state index < -0.39 is 0 Å². The number of nitrogens with one attached hydrogen (secondary N) is 2. The van der Waals surface area contributed by atoms with Crippen molar-refractivity contribution in [1.29, 1.82) is 0 Å². The fourth-order valence-corrected chi connectivity index (χ4v) is 4.70. The predicted octanol–water partition coefficient (Wildman–Crippen LogP) is 5.32. The minimum atomic E-state index is -0.348. The third-order valence-corrected chi connectivity index (χ3v) is 6.97. The van der Waals surface area contributed by atoms with Crippen LogP contribution in [0, 0.1) is 5.82 Å². The second-order valence-electron chi connectivity index (χ2n) is 9.81. The molecule has 0 unspecified atom stereocenters. The van der Waals surface area contributed by atoms with Crippen LogP contribution in [0.1, 0.15) is 6.42 Å². The number of carbonyl (C=O) groups is 1. The number of ether oxygens (including phenoxy) is 1. The van der Waals surface area contributed by atoms with Crippen LogP contribution in [0.2, 0.25) is 0 Å². The second kappa shape index (κ2) is 12.7. The Hall–Kier alpha value is -4.34. The minimum absolute atomic E-state index is 0.312. The number of rotatable bonds is 10. The van der Waals surface area contributed by atoms with E-state index in [2.05, 4.69) is 44.0 Å². The van der Waals surface area contributed by atoms with E-state index in [1.54, 1.807) is 24.3 Å². The second-order valence-corrected chi connectivity index (χ2v) is 9.81. The Morgan fingerprint density at radius 1 is 1.07 bits per heavy atom. The number of benzene rings is 3. The number of nitrogens with zero attached hydrogens (tertiary/aromatic N) is 4. The van der Waals surface area contributed by atoms with E-state index in [4.69, 9.17) is 4.74 Å².